The predicted molar refractivity (Wildman–Crippen MR) is 78.4 cm³/mol. The molecule has 7 heteroatoms. The summed E-state index contributed by atoms with van der Waals surface area (Å²) in [6, 6.07) is 7.62. The lowest BCUT2D eigenvalue weighted by Gasteiger charge is -2.07. The number of urea groups is 1. The molecule has 2 aromatic rings. The minimum Gasteiger partial charge on any atom is -0.506 e. The van der Waals surface area contributed by atoms with E-state index in [4.69, 9.17) is 0 Å². The van der Waals surface area contributed by atoms with E-state index in [0.717, 1.165) is 0 Å². The minimum atomic E-state index is -0.384. The lowest BCUT2D eigenvalue weighted by atomic mass is 10.2. The monoisotopic (exact) mass is 286 g/mol. The molecule has 0 spiro atoms. The molecule has 0 fully saturated rings. The first kappa shape index (κ1) is 14.3. The number of pyridine rings is 1. The van der Waals surface area contributed by atoms with Crippen LogP contribution >= 0.6 is 0 Å². The first-order valence-corrected chi connectivity index (χ1v) is 6.12. The number of carbonyl (C=O) groups excluding carboxylic acids is 2. The third kappa shape index (κ3) is 3.93. The molecule has 0 aliphatic rings. The molecule has 3 amide bonds. The van der Waals surface area contributed by atoms with Crippen molar-refractivity contribution in [3.05, 3.63) is 48.3 Å². The van der Waals surface area contributed by atoms with Crippen LogP contribution in [0.1, 0.15) is 10.4 Å². The Hall–Kier alpha value is -3.09. The van der Waals surface area contributed by atoms with E-state index in [1.807, 2.05) is 0 Å². The third-order valence-corrected chi connectivity index (χ3v) is 2.61. The fourth-order valence-corrected chi connectivity index (χ4v) is 1.59. The molecule has 0 saturated heterocycles. The number of anilines is 2. The molecular weight excluding hydrogens is 272 g/mol. The molecule has 108 valence electrons. The first-order valence-electron chi connectivity index (χ1n) is 6.12. The Kier molecular flexibility index (Phi) is 4.35. The first-order chi connectivity index (χ1) is 10.1. The zero-order valence-corrected chi connectivity index (χ0v) is 11.3. The average Bonchev–Trinajstić information content (AvgIpc) is 2.49. The second kappa shape index (κ2) is 6.38. The molecule has 1 heterocycles. The highest BCUT2D eigenvalue weighted by atomic mass is 16.3. The summed E-state index contributed by atoms with van der Waals surface area (Å²) in [4.78, 5) is 26.8. The van der Waals surface area contributed by atoms with Crippen molar-refractivity contribution in [2.75, 3.05) is 17.7 Å². The summed E-state index contributed by atoms with van der Waals surface area (Å²) in [6.07, 6.45) is 2.60. The van der Waals surface area contributed by atoms with Crippen LogP contribution in [-0.4, -0.2) is 29.1 Å². The number of aromatic hydroxyl groups is 1. The van der Waals surface area contributed by atoms with Gasteiger partial charge in [0.1, 0.15) is 5.75 Å². The predicted octanol–water partition coefficient (Wildman–Crippen LogP) is 1.79. The van der Waals surface area contributed by atoms with Gasteiger partial charge in [0.25, 0.3) is 5.91 Å². The Labute approximate surface area is 121 Å². The number of benzene rings is 1. The number of nitrogens with one attached hydrogen (secondary N) is 3. The molecular formula is C14H14N4O3. The summed E-state index contributed by atoms with van der Waals surface area (Å²) < 4.78 is 0. The number of amides is 3. The van der Waals surface area contributed by atoms with E-state index >= 15 is 0 Å². The van der Waals surface area contributed by atoms with E-state index in [1.165, 1.54) is 25.5 Å². The van der Waals surface area contributed by atoms with E-state index in [2.05, 4.69) is 20.9 Å². The molecule has 4 N–H and O–H groups in total. The SMILES string of the molecule is CNC(=O)Nc1ccc(NC(=O)c2cncc(O)c2)cc1. The second-order valence-electron chi connectivity index (χ2n) is 4.17. The Morgan fingerprint density at radius 3 is 2.24 bits per heavy atom. The van der Waals surface area contributed by atoms with Gasteiger partial charge in [-0.15, -0.1) is 0 Å². The van der Waals surface area contributed by atoms with Gasteiger partial charge in [-0.2, -0.15) is 0 Å². The number of hydrogen-bond acceptors (Lipinski definition) is 4. The maximum atomic E-state index is 11.9. The molecule has 0 aliphatic heterocycles. The zero-order chi connectivity index (χ0) is 15.2. The molecule has 2 rings (SSSR count). The molecule has 0 atom stereocenters. The number of aromatic nitrogens is 1. The molecule has 21 heavy (non-hydrogen) atoms. The van der Waals surface area contributed by atoms with Crippen molar-refractivity contribution >= 4 is 23.3 Å². The van der Waals surface area contributed by atoms with Gasteiger partial charge in [-0.25, -0.2) is 4.79 Å². The molecule has 0 saturated carbocycles. The molecule has 7 nitrogen and oxygen atoms in total. The standard InChI is InChI=1S/C14H14N4O3/c1-15-14(21)18-11-4-2-10(3-5-11)17-13(20)9-6-12(19)8-16-7-9/h2-8,19H,1H3,(H,17,20)(H2,15,18,21). The fraction of sp³-hybridized carbons (Fsp3) is 0.0714. The van der Waals surface area contributed by atoms with E-state index < -0.39 is 0 Å². The Morgan fingerprint density at radius 2 is 1.67 bits per heavy atom. The molecule has 1 aromatic heterocycles. The minimum absolute atomic E-state index is 0.0761. The Bertz CT molecular complexity index is 656. The highest BCUT2D eigenvalue weighted by molar-refractivity contribution is 6.04. The van der Waals surface area contributed by atoms with Crippen molar-refractivity contribution < 1.29 is 14.7 Å². The van der Waals surface area contributed by atoms with E-state index in [1.54, 1.807) is 24.3 Å². The number of rotatable bonds is 3. The van der Waals surface area contributed by atoms with Crippen LogP contribution in [0.15, 0.2) is 42.7 Å². The van der Waals surface area contributed by atoms with Gasteiger partial charge < -0.3 is 21.1 Å². The molecule has 0 radical (unpaired) electrons. The smallest absolute Gasteiger partial charge is 0.318 e. The highest BCUT2D eigenvalue weighted by Crippen LogP contribution is 2.15. The van der Waals surface area contributed by atoms with Crippen LogP contribution in [0.3, 0.4) is 0 Å². The topological polar surface area (TPSA) is 103 Å². The lowest BCUT2D eigenvalue weighted by Crippen LogP contribution is -2.24. The molecule has 0 aliphatic carbocycles. The number of carbonyl (C=O) groups is 2. The van der Waals surface area contributed by atoms with E-state index in [-0.39, 0.29) is 23.3 Å². The van der Waals surface area contributed by atoms with Crippen LogP contribution in [0.2, 0.25) is 0 Å². The maximum Gasteiger partial charge on any atom is 0.318 e. The van der Waals surface area contributed by atoms with Crippen LogP contribution in [0.4, 0.5) is 16.2 Å². The summed E-state index contributed by atoms with van der Waals surface area (Å²) in [5, 5.41) is 17.0. The van der Waals surface area contributed by atoms with Crippen molar-refractivity contribution in [2.24, 2.45) is 0 Å². The Morgan fingerprint density at radius 1 is 1.05 bits per heavy atom. The van der Waals surface area contributed by atoms with E-state index in [9.17, 15) is 14.7 Å². The summed E-state index contributed by atoms with van der Waals surface area (Å²) >= 11 is 0. The van der Waals surface area contributed by atoms with Crippen molar-refractivity contribution in [3.8, 4) is 5.75 Å². The van der Waals surface area contributed by atoms with Crippen LogP contribution in [0.25, 0.3) is 0 Å². The van der Waals surface area contributed by atoms with Crippen molar-refractivity contribution in [1.29, 1.82) is 0 Å². The van der Waals surface area contributed by atoms with Gasteiger partial charge in [0, 0.05) is 24.6 Å². The van der Waals surface area contributed by atoms with Crippen LogP contribution in [0.5, 0.6) is 5.75 Å². The summed E-state index contributed by atoms with van der Waals surface area (Å²) in [6.45, 7) is 0. The van der Waals surface area contributed by atoms with Gasteiger partial charge in [0.05, 0.1) is 11.8 Å². The number of hydrogen-bond donors (Lipinski definition) is 4. The van der Waals surface area contributed by atoms with Gasteiger partial charge in [-0.05, 0) is 30.3 Å². The molecule has 0 unspecified atom stereocenters. The van der Waals surface area contributed by atoms with Crippen molar-refractivity contribution in [2.45, 2.75) is 0 Å². The fourth-order valence-electron chi connectivity index (χ4n) is 1.59. The van der Waals surface area contributed by atoms with E-state index in [0.29, 0.717) is 11.4 Å². The molecule has 0 bridgehead atoms. The van der Waals surface area contributed by atoms with Crippen molar-refractivity contribution in [3.63, 3.8) is 0 Å². The Balaban J connectivity index is 2.03. The normalized spacial score (nSPS) is 9.76. The van der Waals surface area contributed by atoms with Gasteiger partial charge >= 0.3 is 6.03 Å². The van der Waals surface area contributed by atoms with Gasteiger partial charge in [0.15, 0.2) is 0 Å². The average molecular weight is 286 g/mol. The maximum absolute atomic E-state index is 11.9. The number of nitrogens with zero attached hydrogens (tertiary/aromatic N) is 1. The third-order valence-electron chi connectivity index (χ3n) is 2.61. The second-order valence-corrected chi connectivity index (χ2v) is 4.17. The van der Waals surface area contributed by atoms with Crippen LogP contribution < -0.4 is 16.0 Å². The van der Waals surface area contributed by atoms with Gasteiger partial charge in [0.2, 0.25) is 0 Å². The van der Waals surface area contributed by atoms with Crippen molar-refractivity contribution in [1.82, 2.24) is 10.3 Å². The van der Waals surface area contributed by atoms with Crippen LogP contribution in [0, 0.1) is 0 Å². The van der Waals surface area contributed by atoms with Crippen LogP contribution in [-0.2, 0) is 0 Å². The summed E-state index contributed by atoms with van der Waals surface area (Å²) in [7, 11) is 1.52. The highest BCUT2D eigenvalue weighted by Gasteiger charge is 2.07. The largest absolute Gasteiger partial charge is 0.506 e. The quantitative estimate of drug-likeness (QED) is 0.690. The zero-order valence-electron chi connectivity index (χ0n) is 11.3. The lowest BCUT2D eigenvalue weighted by molar-refractivity contribution is 0.102. The van der Waals surface area contributed by atoms with Gasteiger partial charge in [-0.3, -0.25) is 9.78 Å². The summed E-state index contributed by atoms with van der Waals surface area (Å²) in [5.41, 5.74) is 1.42. The molecule has 1 aromatic carbocycles. The summed E-state index contributed by atoms with van der Waals surface area (Å²) in [5.74, 6) is -0.460. The van der Waals surface area contributed by atoms with Gasteiger partial charge in [-0.1, -0.05) is 0 Å².